The quantitative estimate of drug-likeness (QED) is 0.878. The summed E-state index contributed by atoms with van der Waals surface area (Å²) in [6.07, 6.45) is 8.52. The molecule has 3 nitrogen and oxygen atoms in total. The summed E-state index contributed by atoms with van der Waals surface area (Å²) in [6, 6.07) is 9.33. The molecule has 0 aromatic heterocycles. The number of rotatable bonds is 3. The highest BCUT2D eigenvalue weighted by Gasteiger charge is 2.19. The van der Waals surface area contributed by atoms with Gasteiger partial charge in [0.25, 0.3) is 0 Å². The standard InChI is InChI=1S/C16H24N2O/c17-15(13-9-5-4-6-10-13)16(19)18-14-11-7-2-1-3-8-12-14/h4-6,9-10,14-15H,1-3,7-8,11-12,17H2,(H,18,19)/t15-/m1/s1. The molecule has 3 N–H and O–H groups in total. The van der Waals surface area contributed by atoms with Gasteiger partial charge in [-0.25, -0.2) is 0 Å². The van der Waals surface area contributed by atoms with Crippen LogP contribution < -0.4 is 11.1 Å². The van der Waals surface area contributed by atoms with E-state index in [1.165, 1.54) is 32.1 Å². The second-order valence-corrected chi connectivity index (χ2v) is 5.44. The minimum absolute atomic E-state index is 0.0447. The summed E-state index contributed by atoms with van der Waals surface area (Å²) >= 11 is 0. The van der Waals surface area contributed by atoms with Crippen molar-refractivity contribution in [2.24, 2.45) is 5.73 Å². The molecular weight excluding hydrogens is 236 g/mol. The van der Waals surface area contributed by atoms with Gasteiger partial charge >= 0.3 is 0 Å². The first kappa shape index (κ1) is 14.1. The van der Waals surface area contributed by atoms with Crippen LogP contribution in [-0.4, -0.2) is 11.9 Å². The van der Waals surface area contributed by atoms with Crippen LogP contribution in [0.25, 0.3) is 0 Å². The lowest BCUT2D eigenvalue weighted by Crippen LogP contribution is -2.41. The molecule has 1 atom stereocenters. The number of benzene rings is 1. The molecule has 0 bridgehead atoms. The van der Waals surface area contributed by atoms with Crippen LogP contribution in [0, 0.1) is 0 Å². The predicted octanol–water partition coefficient (Wildman–Crippen LogP) is 2.92. The lowest BCUT2D eigenvalue weighted by molar-refractivity contribution is -0.123. The highest BCUT2D eigenvalue weighted by atomic mass is 16.2. The second-order valence-electron chi connectivity index (χ2n) is 5.44. The lowest BCUT2D eigenvalue weighted by Gasteiger charge is -2.23. The molecule has 0 heterocycles. The van der Waals surface area contributed by atoms with Crippen LogP contribution in [-0.2, 0) is 4.79 Å². The Kier molecular flexibility index (Phi) is 5.40. The van der Waals surface area contributed by atoms with Crippen molar-refractivity contribution in [2.75, 3.05) is 0 Å². The van der Waals surface area contributed by atoms with E-state index in [4.69, 9.17) is 5.73 Å². The molecule has 3 heteroatoms. The summed E-state index contributed by atoms with van der Waals surface area (Å²) in [5, 5.41) is 3.12. The van der Waals surface area contributed by atoms with Gasteiger partial charge in [-0.05, 0) is 18.4 Å². The fourth-order valence-electron chi connectivity index (χ4n) is 2.70. The summed E-state index contributed by atoms with van der Waals surface area (Å²) < 4.78 is 0. The minimum atomic E-state index is -0.549. The molecule has 0 spiro atoms. The molecule has 1 amide bonds. The number of nitrogens with two attached hydrogens (primary N) is 1. The highest BCUT2D eigenvalue weighted by molar-refractivity contribution is 5.83. The summed E-state index contributed by atoms with van der Waals surface area (Å²) in [4.78, 5) is 12.2. The molecule has 0 unspecified atom stereocenters. The van der Waals surface area contributed by atoms with Crippen LogP contribution in [0.4, 0.5) is 0 Å². The van der Waals surface area contributed by atoms with Crippen LogP contribution in [0.15, 0.2) is 30.3 Å². The van der Waals surface area contributed by atoms with Gasteiger partial charge in [0.1, 0.15) is 6.04 Å². The van der Waals surface area contributed by atoms with E-state index in [-0.39, 0.29) is 5.91 Å². The first-order chi connectivity index (χ1) is 9.27. The Hall–Kier alpha value is -1.35. The van der Waals surface area contributed by atoms with Crippen molar-refractivity contribution < 1.29 is 4.79 Å². The van der Waals surface area contributed by atoms with Gasteiger partial charge in [-0.2, -0.15) is 0 Å². The Morgan fingerprint density at radius 3 is 2.26 bits per heavy atom. The molecule has 1 aliphatic carbocycles. The Morgan fingerprint density at radius 1 is 1.05 bits per heavy atom. The zero-order chi connectivity index (χ0) is 13.5. The Labute approximate surface area is 115 Å². The molecule has 0 radical (unpaired) electrons. The molecule has 0 aliphatic heterocycles. The molecule has 1 fully saturated rings. The zero-order valence-corrected chi connectivity index (χ0v) is 11.5. The number of carbonyl (C=O) groups is 1. The Bertz CT molecular complexity index is 383. The predicted molar refractivity (Wildman–Crippen MR) is 77.6 cm³/mol. The SMILES string of the molecule is N[C@@H](C(=O)NC1CCCCCCC1)c1ccccc1. The van der Waals surface area contributed by atoms with Gasteiger partial charge in [0, 0.05) is 6.04 Å². The van der Waals surface area contributed by atoms with Crippen molar-refractivity contribution in [3.05, 3.63) is 35.9 Å². The molecule has 2 rings (SSSR count). The number of amides is 1. The van der Waals surface area contributed by atoms with Crippen LogP contribution in [0.2, 0.25) is 0 Å². The maximum atomic E-state index is 12.2. The fraction of sp³-hybridized carbons (Fsp3) is 0.562. The number of hydrogen-bond acceptors (Lipinski definition) is 2. The molecule has 19 heavy (non-hydrogen) atoms. The first-order valence-electron chi connectivity index (χ1n) is 7.38. The van der Waals surface area contributed by atoms with E-state index in [1.54, 1.807) is 0 Å². The molecule has 0 saturated heterocycles. The maximum Gasteiger partial charge on any atom is 0.241 e. The van der Waals surface area contributed by atoms with Crippen molar-refractivity contribution in [3.63, 3.8) is 0 Å². The van der Waals surface area contributed by atoms with Gasteiger partial charge in [-0.15, -0.1) is 0 Å². The van der Waals surface area contributed by atoms with Crippen LogP contribution in [0.1, 0.15) is 56.6 Å². The number of nitrogens with one attached hydrogen (secondary N) is 1. The number of hydrogen-bond donors (Lipinski definition) is 2. The van der Waals surface area contributed by atoms with E-state index in [0.717, 1.165) is 18.4 Å². The van der Waals surface area contributed by atoms with Crippen molar-refractivity contribution in [1.29, 1.82) is 0 Å². The Morgan fingerprint density at radius 2 is 1.63 bits per heavy atom. The molecule has 1 saturated carbocycles. The average molecular weight is 260 g/mol. The van der Waals surface area contributed by atoms with E-state index in [9.17, 15) is 4.79 Å². The van der Waals surface area contributed by atoms with Crippen LogP contribution in [0.3, 0.4) is 0 Å². The van der Waals surface area contributed by atoms with Gasteiger partial charge in [-0.3, -0.25) is 4.79 Å². The molecule has 1 aromatic carbocycles. The van der Waals surface area contributed by atoms with Crippen molar-refractivity contribution in [2.45, 2.75) is 57.0 Å². The van der Waals surface area contributed by atoms with E-state index in [1.807, 2.05) is 30.3 Å². The third-order valence-corrected chi connectivity index (χ3v) is 3.89. The monoisotopic (exact) mass is 260 g/mol. The molecular formula is C16H24N2O. The van der Waals surface area contributed by atoms with E-state index in [0.29, 0.717) is 6.04 Å². The molecule has 1 aromatic rings. The van der Waals surface area contributed by atoms with Gasteiger partial charge in [0.05, 0.1) is 0 Å². The normalized spacial score (nSPS) is 19.2. The zero-order valence-electron chi connectivity index (χ0n) is 11.5. The molecule has 1 aliphatic rings. The molecule has 104 valence electrons. The summed E-state index contributed by atoms with van der Waals surface area (Å²) in [5.74, 6) is -0.0447. The van der Waals surface area contributed by atoms with Gasteiger partial charge < -0.3 is 11.1 Å². The number of carbonyl (C=O) groups excluding carboxylic acids is 1. The van der Waals surface area contributed by atoms with Gasteiger partial charge in [-0.1, -0.05) is 62.4 Å². The topological polar surface area (TPSA) is 55.1 Å². The van der Waals surface area contributed by atoms with E-state index >= 15 is 0 Å². The van der Waals surface area contributed by atoms with Crippen LogP contribution in [0.5, 0.6) is 0 Å². The average Bonchev–Trinajstić information content (AvgIpc) is 2.41. The smallest absolute Gasteiger partial charge is 0.241 e. The second kappa shape index (κ2) is 7.29. The van der Waals surface area contributed by atoms with Crippen molar-refractivity contribution in [3.8, 4) is 0 Å². The fourth-order valence-corrected chi connectivity index (χ4v) is 2.70. The largest absolute Gasteiger partial charge is 0.352 e. The van der Waals surface area contributed by atoms with Crippen LogP contribution >= 0.6 is 0 Å². The van der Waals surface area contributed by atoms with Gasteiger partial charge in [0.15, 0.2) is 0 Å². The van der Waals surface area contributed by atoms with Crippen molar-refractivity contribution in [1.82, 2.24) is 5.32 Å². The Balaban J connectivity index is 1.88. The minimum Gasteiger partial charge on any atom is -0.352 e. The summed E-state index contributed by atoms with van der Waals surface area (Å²) in [7, 11) is 0. The maximum absolute atomic E-state index is 12.2. The third kappa shape index (κ3) is 4.35. The van der Waals surface area contributed by atoms with E-state index < -0.39 is 6.04 Å². The summed E-state index contributed by atoms with van der Waals surface area (Å²) in [5.41, 5.74) is 6.89. The first-order valence-corrected chi connectivity index (χ1v) is 7.38. The van der Waals surface area contributed by atoms with Crippen molar-refractivity contribution >= 4 is 5.91 Å². The van der Waals surface area contributed by atoms with Gasteiger partial charge in [0.2, 0.25) is 5.91 Å². The third-order valence-electron chi connectivity index (χ3n) is 3.89. The lowest BCUT2D eigenvalue weighted by atomic mass is 9.96. The summed E-state index contributed by atoms with van der Waals surface area (Å²) in [6.45, 7) is 0. The highest BCUT2D eigenvalue weighted by Crippen LogP contribution is 2.18. The van der Waals surface area contributed by atoms with E-state index in [2.05, 4.69) is 5.32 Å².